The molecular formula is C13H17Cl2N3O2S. The smallest absolute Gasteiger partial charge is 0.243 e. The molecule has 1 aromatic rings. The molecule has 1 saturated carbocycles. The van der Waals surface area contributed by atoms with Gasteiger partial charge in [0.1, 0.15) is 4.90 Å². The second-order valence-corrected chi connectivity index (χ2v) is 8.11. The summed E-state index contributed by atoms with van der Waals surface area (Å²) in [6.45, 7) is 1.68. The van der Waals surface area contributed by atoms with Crippen LogP contribution in [0.3, 0.4) is 0 Å². The summed E-state index contributed by atoms with van der Waals surface area (Å²) in [6, 6.07) is 3.34. The third kappa shape index (κ3) is 3.29. The molecule has 0 amide bonds. The van der Waals surface area contributed by atoms with Crippen LogP contribution in [0.4, 0.5) is 5.69 Å². The zero-order valence-corrected chi connectivity index (χ0v) is 13.7. The largest absolute Gasteiger partial charge is 0.399 e. The fourth-order valence-electron chi connectivity index (χ4n) is 2.77. The first-order valence-corrected chi connectivity index (χ1v) is 9.11. The highest BCUT2D eigenvalue weighted by Crippen LogP contribution is 2.33. The zero-order chi connectivity index (χ0) is 15.2. The molecule has 3 N–H and O–H groups in total. The number of nitrogens with zero attached hydrogens (tertiary/aromatic N) is 1. The van der Waals surface area contributed by atoms with Crippen molar-refractivity contribution in [1.82, 2.24) is 9.62 Å². The maximum absolute atomic E-state index is 12.5. The van der Waals surface area contributed by atoms with Crippen molar-refractivity contribution >= 4 is 38.9 Å². The molecule has 1 heterocycles. The van der Waals surface area contributed by atoms with Gasteiger partial charge in [-0.2, -0.15) is 0 Å². The van der Waals surface area contributed by atoms with E-state index in [0.29, 0.717) is 11.7 Å². The van der Waals surface area contributed by atoms with Crippen LogP contribution in [-0.2, 0) is 10.0 Å². The van der Waals surface area contributed by atoms with E-state index in [1.165, 1.54) is 25.0 Å². The van der Waals surface area contributed by atoms with E-state index in [4.69, 9.17) is 28.9 Å². The van der Waals surface area contributed by atoms with Gasteiger partial charge in [0.25, 0.3) is 0 Å². The minimum Gasteiger partial charge on any atom is -0.399 e. The predicted molar refractivity (Wildman–Crippen MR) is 84.2 cm³/mol. The Hall–Kier alpha value is -0.530. The van der Waals surface area contributed by atoms with E-state index in [0.717, 1.165) is 19.5 Å². The summed E-state index contributed by atoms with van der Waals surface area (Å²) < 4.78 is 27.7. The summed E-state index contributed by atoms with van der Waals surface area (Å²) >= 11 is 12.0. The minimum absolute atomic E-state index is 0.0459. The quantitative estimate of drug-likeness (QED) is 0.816. The van der Waals surface area contributed by atoms with Gasteiger partial charge < -0.3 is 5.73 Å². The van der Waals surface area contributed by atoms with Crippen LogP contribution >= 0.6 is 23.2 Å². The number of benzene rings is 1. The van der Waals surface area contributed by atoms with E-state index < -0.39 is 10.0 Å². The Kier molecular flexibility index (Phi) is 4.09. The van der Waals surface area contributed by atoms with Gasteiger partial charge >= 0.3 is 0 Å². The van der Waals surface area contributed by atoms with E-state index in [2.05, 4.69) is 9.62 Å². The molecule has 1 aliphatic heterocycles. The average molecular weight is 350 g/mol. The van der Waals surface area contributed by atoms with Crippen molar-refractivity contribution < 1.29 is 8.42 Å². The third-order valence-corrected chi connectivity index (χ3v) is 6.34. The van der Waals surface area contributed by atoms with Crippen molar-refractivity contribution in [2.75, 3.05) is 18.8 Å². The molecule has 5 nitrogen and oxygen atoms in total. The molecule has 1 aromatic carbocycles. The van der Waals surface area contributed by atoms with Crippen LogP contribution in [-0.4, -0.2) is 38.5 Å². The monoisotopic (exact) mass is 349 g/mol. The van der Waals surface area contributed by atoms with Crippen molar-refractivity contribution in [3.63, 3.8) is 0 Å². The van der Waals surface area contributed by atoms with Crippen molar-refractivity contribution in [2.24, 2.45) is 0 Å². The maximum Gasteiger partial charge on any atom is 0.243 e. The van der Waals surface area contributed by atoms with E-state index in [-0.39, 0.29) is 21.0 Å². The van der Waals surface area contributed by atoms with E-state index in [9.17, 15) is 8.42 Å². The molecule has 0 bridgehead atoms. The van der Waals surface area contributed by atoms with Gasteiger partial charge in [-0.05, 0) is 31.4 Å². The number of anilines is 1. The molecule has 2 aliphatic rings. The fourth-order valence-corrected chi connectivity index (χ4v) is 5.26. The Labute approximate surface area is 134 Å². The number of hydrogen-bond donors (Lipinski definition) is 2. The first kappa shape index (κ1) is 15.4. The SMILES string of the molecule is Nc1cc(Cl)c(S(=O)(=O)NC2CCN(C3CC3)C2)c(Cl)c1. The first-order valence-electron chi connectivity index (χ1n) is 6.88. The molecule has 0 spiro atoms. The van der Waals surface area contributed by atoms with Crippen molar-refractivity contribution in [3.8, 4) is 0 Å². The van der Waals surface area contributed by atoms with Crippen molar-refractivity contribution in [3.05, 3.63) is 22.2 Å². The summed E-state index contributed by atoms with van der Waals surface area (Å²) in [5.74, 6) is 0. The van der Waals surface area contributed by atoms with Crippen LogP contribution in [0.25, 0.3) is 0 Å². The van der Waals surface area contributed by atoms with Crippen LogP contribution in [0.15, 0.2) is 17.0 Å². The lowest BCUT2D eigenvalue weighted by Crippen LogP contribution is -2.37. The summed E-state index contributed by atoms with van der Waals surface area (Å²) in [5.41, 5.74) is 5.94. The second kappa shape index (κ2) is 5.59. The van der Waals surface area contributed by atoms with E-state index in [1.54, 1.807) is 0 Å². The van der Waals surface area contributed by atoms with Gasteiger partial charge in [0.15, 0.2) is 0 Å². The minimum atomic E-state index is -3.75. The molecule has 1 unspecified atom stereocenters. The molecule has 0 radical (unpaired) electrons. The van der Waals surface area contributed by atoms with Crippen LogP contribution in [0.5, 0.6) is 0 Å². The summed E-state index contributed by atoms with van der Waals surface area (Å²) in [4.78, 5) is 2.24. The number of nitrogens with one attached hydrogen (secondary N) is 1. The van der Waals surface area contributed by atoms with Gasteiger partial charge in [0.05, 0.1) is 10.0 Å². The number of likely N-dealkylation sites (tertiary alicyclic amines) is 1. The molecule has 1 saturated heterocycles. The Morgan fingerprint density at radius 3 is 2.38 bits per heavy atom. The van der Waals surface area contributed by atoms with Gasteiger partial charge in [-0.15, -0.1) is 0 Å². The van der Waals surface area contributed by atoms with Gasteiger partial charge in [0, 0.05) is 30.9 Å². The topological polar surface area (TPSA) is 75.4 Å². The number of rotatable bonds is 4. The molecule has 21 heavy (non-hydrogen) atoms. The predicted octanol–water partition coefficient (Wildman–Crippen LogP) is 2.09. The molecule has 1 aliphatic carbocycles. The highest BCUT2D eigenvalue weighted by molar-refractivity contribution is 7.89. The molecule has 3 rings (SSSR count). The van der Waals surface area contributed by atoms with Gasteiger partial charge in [-0.25, -0.2) is 13.1 Å². The Morgan fingerprint density at radius 1 is 1.19 bits per heavy atom. The molecular weight excluding hydrogens is 333 g/mol. The second-order valence-electron chi connectivity index (χ2n) is 5.65. The van der Waals surface area contributed by atoms with Crippen LogP contribution in [0.1, 0.15) is 19.3 Å². The molecule has 1 atom stereocenters. The van der Waals surface area contributed by atoms with Gasteiger partial charge in [-0.3, -0.25) is 4.90 Å². The maximum atomic E-state index is 12.5. The number of sulfonamides is 1. The number of nitrogen functional groups attached to an aromatic ring is 1. The highest BCUT2D eigenvalue weighted by Gasteiger charge is 2.36. The van der Waals surface area contributed by atoms with E-state index in [1.807, 2.05) is 0 Å². The number of nitrogens with two attached hydrogens (primary N) is 1. The Bertz CT molecular complexity index is 638. The number of hydrogen-bond acceptors (Lipinski definition) is 4. The fraction of sp³-hybridized carbons (Fsp3) is 0.538. The van der Waals surface area contributed by atoms with Gasteiger partial charge in [0.2, 0.25) is 10.0 Å². The normalized spacial score (nSPS) is 23.6. The lowest BCUT2D eigenvalue weighted by Gasteiger charge is -2.17. The van der Waals surface area contributed by atoms with Gasteiger partial charge in [-0.1, -0.05) is 23.2 Å². The molecule has 0 aromatic heterocycles. The summed E-state index contributed by atoms with van der Waals surface area (Å²) in [6.07, 6.45) is 3.24. The van der Waals surface area contributed by atoms with Crippen molar-refractivity contribution in [2.45, 2.75) is 36.2 Å². The van der Waals surface area contributed by atoms with Crippen LogP contribution in [0, 0.1) is 0 Å². The summed E-state index contributed by atoms with van der Waals surface area (Å²) in [7, 11) is -3.75. The van der Waals surface area contributed by atoms with E-state index >= 15 is 0 Å². The standard InChI is InChI=1S/C13H17Cl2N3O2S/c14-11-5-8(16)6-12(15)13(11)21(19,20)17-9-3-4-18(7-9)10-1-2-10/h5-6,9-10,17H,1-4,7,16H2. The molecule has 8 heteroatoms. The number of halogens is 2. The van der Waals surface area contributed by atoms with Crippen LogP contribution in [0.2, 0.25) is 10.0 Å². The lowest BCUT2D eigenvalue weighted by molar-refractivity contribution is 0.322. The first-order chi connectivity index (χ1) is 9.87. The Balaban J connectivity index is 1.78. The molecule has 116 valence electrons. The Morgan fingerprint density at radius 2 is 1.81 bits per heavy atom. The zero-order valence-electron chi connectivity index (χ0n) is 11.4. The highest BCUT2D eigenvalue weighted by atomic mass is 35.5. The summed E-state index contributed by atoms with van der Waals surface area (Å²) in [5, 5.41) is 0.0918. The third-order valence-electron chi connectivity index (χ3n) is 3.89. The van der Waals surface area contributed by atoms with Crippen LogP contribution < -0.4 is 10.5 Å². The van der Waals surface area contributed by atoms with Crippen molar-refractivity contribution in [1.29, 1.82) is 0 Å². The average Bonchev–Trinajstić information content (AvgIpc) is 3.09. The molecule has 2 fully saturated rings. The lowest BCUT2D eigenvalue weighted by atomic mass is 10.3.